The predicted molar refractivity (Wildman–Crippen MR) is 112 cm³/mol. The van der Waals surface area contributed by atoms with Crippen LogP contribution in [0.5, 0.6) is 0 Å². The van der Waals surface area contributed by atoms with E-state index < -0.39 is 0 Å². The Labute approximate surface area is 150 Å². The quantitative estimate of drug-likeness (QED) is 0.219. The molecule has 1 heterocycles. The Morgan fingerprint density at radius 2 is 0.923 bits per heavy atom. The van der Waals surface area contributed by atoms with Gasteiger partial charge in [0.2, 0.25) is 0 Å². The smallest absolute Gasteiger partial charge is 0.0788 e. The molecule has 0 saturated carbocycles. The number of benzene rings is 5. The van der Waals surface area contributed by atoms with Gasteiger partial charge in [0.1, 0.15) is 0 Å². The van der Waals surface area contributed by atoms with Gasteiger partial charge in [-0.25, -0.2) is 4.98 Å². The number of pyridine rings is 1. The van der Waals surface area contributed by atoms with Gasteiger partial charge in [-0.2, -0.15) is 0 Å². The second-order valence-corrected chi connectivity index (χ2v) is 6.87. The summed E-state index contributed by atoms with van der Waals surface area (Å²) in [5, 5.41) is 9.87. The van der Waals surface area contributed by atoms with Gasteiger partial charge in [-0.15, -0.1) is 0 Å². The highest BCUT2D eigenvalue weighted by molar-refractivity contribution is 6.18. The lowest BCUT2D eigenvalue weighted by atomic mass is 9.98. The van der Waals surface area contributed by atoms with Crippen LogP contribution in [0.15, 0.2) is 91.0 Å². The SMILES string of the molecule is c1ccc2c(c1)ccc1c2ccc2cc3ccc4ccccc4c3nc21. The van der Waals surface area contributed by atoms with Crippen molar-refractivity contribution in [2.75, 3.05) is 0 Å². The second-order valence-electron chi connectivity index (χ2n) is 6.87. The molecule has 1 nitrogen and oxygen atoms in total. The lowest BCUT2D eigenvalue weighted by Crippen LogP contribution is -1.87. The van der Waals surface area contributed by atoms with Gasteiger partial charge in [0.05, 0.1) is 11.0 Å². The largest absolute Gasteiger partial charge is 0.246 e. The molecule has 0 N–H and O–H groups in total. The van der Waals surface area contributed by atoms with Crippen LogP contribution in [0.1, 0.15) is 0 Å². The first kappa shape index (κ1) is 13.8. The molecule has 1 heteroatoms. The first-order chi connectivity index (χ1) is 12.9. The first-order valence-electron chi connectivity index (χ1n) is 8.91. The Balaban J connectivity index is 1.84. The van der Waals surface area contributed by atoms with Crippen molar-refractivity contribution in [1.82, 2.24) is 4.98 Å². The monoisotopic (exact) mass is 329 g/mol. The number of hydrogen-bond donors (Lipinski definition) is 0. The van der Waals surface area contributed by atoms with Crippen molar-refractivity contribution in [3.05, 3.63) is 91.0 Å². The molecule has 1 aromatic heterocycles. The van der Waals surface area contributed by atoms with Crippen molar-refractivity contribution >= 4 is 54.1 Å². The van der Waals surface area contributed by atoms with Crippen LogP contribution in [0, 0.1) is 0 Å². The van der Waals surface area contributed by atoms with Gasteiger partial charge in [-0.3, -0.25) is 0 Å². The standard InChI is InChI=1S/C25H15N/c1-3-7-20-16(5-1)11-14-23-22(20)13-12-19-15-18-10-9-17-6-2-4-8-21(17)24(18)26-25(19)23/h1-15H. The normalized spacial score (nSPS) is 11.8. The summed E-state index contributed by atoms with van der Waals surface area (Å²) in [6.45, 7) is 0. The maximum atomic E-state index is 5.14. The van der Waals surface area contributed by atoms with Gasteiger partial charge in [0.25, 0.3) is 0 Å². The highest BCUT2D eigenvalue weighted by Gasteiger charge is 2.08. The summed E-state index contributed by atoms with van der Waals surface area (Å²) >= 11 is 0. The second kappa shape index (κ2) is 5.03. The van der Waals surface area contributed by atoms with E-state index in [1.807, 2.05) is 0 Å². The fourth-order valence-corrected chi connectivity index (χ4v) is 4.12. The minimum absolute atomic E-state index is 1.08. The number of rotatable bonds is 0. The van der Waals surface area contributed by atoms with Gasteiger partial charge in [-0.05, 0) is 27.6 Å². The maximum Gasteiger partial charge on any atom is 0.0788 e. The van der Waals surface area contributed by atoms with E-state index in [-0.39, 0.29) is 0 Å². The summed E-state index contributed by atoms with van der Waals surface area (Å²) in [4.78, 5) is 5.14. The fourth-order valence-electron chi connectivity index (χ4n) is 4.12. The van der Waals surface area contributed by atoms with Gasteiger partial charge in [-0.1, -0.05) is 84.9 Å². The molecule has 0 aliphatic heterocycles. The van der Waals surface area contributed by atoms with Gasteiger partial charge in [0, 0.05) is 21.5 Å². The molecule has 6 aromatic rings. The molecular formula is C25H15N. The van der Waals surface area contributed by atoms with Gasteiger partial charge < -0.3 is 0 Å². The molecule has 0 radical (unpaired) electrons. The number of aromatic nitrogens is 1. The summed E-state index contributed by atoms with van der Waals surface area (Å²) in [5.74, 6) is 0. The zero-order valence-corrected chi connectivity index (χ0v) is 14.1. The first-order valence-corrected chi connectivity index (χ1v) is 8.91. The predicted octanol–water partition coefficient (Wildman–Crippen LogP) is 6.85. The Hall–Kier alpha value is -3.45. The molecule has 5 aromatic carbocycles. The van der Waals surface area contributed by atoms with Crippen LogP contribution >= 0.6 is 0 Å². The summed E-state index contributed by atoms with van der Waals surface area (Å²) in [7, 11) is 0. The Morgan fingerprint density at radius 1 is 0.385 bits per heavy atom. The number of fused-ring (bicyclic) bond motifs is 8. The van der Waals surface area contributed by atoms with Crippen LogP contribution in [0.25, 0.3) is 54.1 Å². The van der Waals surface area contributed by atoms with Gasteiger partial charge in [0.15, 0.2) is 0 Å². The molecule has 120 valence electrons. The zero-order chi connectivity index (χ0) is 17.1. The Bertz CT molecular complexity index is 1480. The highest BCUT2D eigenvalue weighted by Crippen LogP contribution is 2.33. The van der Waals surface area contributed by atoms with Crippen molar-refractivity contribution in [3.8, 4) is 0 Å². The lowest BCUT2D eigenvalue weighted by Gasteiger charge is -2.09. The van der Waals surface area contributed by atoms with Crippen LogP contribution in [-0.4, -0.2) is 4.98 Å². The number of hydrogen-bond acceptors (Lipinski definition) is 1. The van der Waals surface area contributed by atoms with E-state index in [9.17, 15) is 0 Å². The molecule has 0 aliphatic carbocycles. The van der Waals surface area contributed by atoms with E-state index in [1.54, 1.807) is 0 Å². The third-order valence-electron chi connectivity index (χ3n) is 5.40. The summed E-state index contributed by atoms with van der Waals surface area (Å²) < 4.78 is 0. The van der Waals surface area contributed by atoms with Crippen molar-refractivity contribution in [1.29, 1.82) is 0 Å². The third-order valence-corrected chi connectivity index (χ3v) is 5.40. The van der Waals surface area contributed by atoms with Gasteiger partial charge >= 0.3 is 0 Å². The number of nitrogens with zero attached hydrogens (tertiary/aromatic N) is 1. The van der Waals surface area contributed by atoms with Crippen molar-refractivity contribution in [2.45, 2.75) is 0 Å². The molecule has 0 saturated heterocycles. The minimum Gasteiger partial charge on any atom is -0.246 e. The van der Waals surface area contributed by atoms with Crippen molar-refractivity contribution < 1.29 is 0 Å². The van der Waals surface area contributed by atoms with Crippen LogP contribution < -0.4 is 0 Å². The fraction of sp³-hybridized carbons (Fsp3) is 0. The van der Waals surface area contributed by atoms with E-state index in [2.05, 4.69) is 91.0 Å². The molecule has 0 atom stereocenters. The van der Waals surface area contributed by atoms with Crippen LogP contribution in [0.2, 0.25) is 0 Å². The summed E-state index contributed by atoms with van der Waals surface area (Å²) in [5.41, 5.74) is 2.16. The molecule has 0 fully saturated rings. The molecule has 0 bridgehead atoms. The molecule has 0 aliphatic rings. The van der Waals surface area contributed by atoms with Crippen LogP contribution in [-0.2, 0) is 0 Å². The molecule has 0 spiro atoms. The van der Waals surface area contributed by atoms with E-state index in [0.29, 0.717) is 0 Å². The zero-order valence-electron chi connectivity index (χ0n) is 14.1. The van der Waals surface area contributed by atoms with Crippen LogP contribution in [0.4, 0.5) is 0 Å². The Kier molecular flexibility index (Phi) is 2.67. The van der Waals surface area contributed by atoms with E-state index >= 15 is 0 Å². The molecule has 0 unspecified atom stereocenters. The van der Waals surface area contributed by atoms with Crippen molar-refractivity contribution in [3.63, 3.8) is 0 Å². The molecule has 26 heavy (non-hydrogen) atoms. The topological polar surface area (TPSA) is 12.9 Å². The van der Waals surface area contributed by atoms with E-state index in [4.69, 9.17) is 4.98 Å². The van der Waals surface area contributed by atoms with E-state index in [0.717, 1.165) is 11.0 Å². The summed E-state index contributed by atoms with van der Waals surface area (Å²) in [6, 6.07) is 32.5. The summed E-state index contributed by atoms with van der Waals surface area (Å²) in [6.07, 6.45) is 0. The maximum absolute atomic E-state index is 5.14. The van der Waals surface area contributed by atoms with E-state index in [1.165, 1.54) is 43.1 Å². The third kappa shape index (κ3) is 1.83. The van der Waals surface area contributed by atoms with Crippen molar-refractivity contribution in [2.24, 2.45) is 0 Å². The molecule has 6 rings (SSSR count). The minimum atomic E-state index is 1.08. The average molecular weight is 329 g/mol. The Morgan fingerprint density at radius 3 is 1.77 bits per heavy atom. The average Bonchev–Trinajstić information content (AvgIpc) is 2.72. The lowest BCUT2D eigenvalue weighted by molar-refractivity contribution is 1.54. The van der Waals surface area contributed by atoms with Crippen LogP contribution in [0.3, 0.4) is 0 Å². The molecular weight excluding hydrogens is 314 g/mol. The highest BCUT2D eigenvalue weighted by atomic mass is 14.7. The molecule has 0 amide bonds.